The second-order valence-corrected chi connectivity index (χ2v) is 9.02. The van der Waals surface area contributed by atoms with Crippen LogP contribution in [0.15, 0.2) is 36.4 Å². The number of hydrogen-bond acceptors (Lipinski definition) is 7. The number of anilines is 4. The summed E-state index contributed by atoms with van der Waals surface area (Å²) in [5, 5.41) is 13.6. The van der Waals surface area contributed by atoms with Crippen LogP contribution in [0.1, 0.15) is 29.9 Å². The molecule has 2 fully saturated rings. The minimum atomic E-state index is 0.112. The van der Waals surface area contributed by atoms with E-state index in [9.17, 15) is 4.79 Å². The van der Waals surface area contributed by atoms with Crippen molar-refractivity contribution in [3.63, 3.8) is 0 Å². The highest BCUT2D eigenvalue weighted by atomic mass is 16.2. The Kier molecular flexibility index (Phi) is 5.95. The van der Waals surface area contributed by atoms with E-state index in [-0.39, 0.29) is 11.8 Å². The molecule has 1 saturated heterocycles. The Labute approximate surface area is 193 Å². The monoisotopic (exact) mass is 446 g/mol. The van der Waals surface area contributed by atoms with Gasteiger partial charge in [-0.1, -0.05) is 12.1 Å². The molecule has 0 spiro atoms. The number of H-pyrrole nitrogens is 1. The number of aromatic nitrogens is 4. The molecule has 3 aromatic rings. The second-order valence-electron chi connectivity index (χ2n) is 9.02. The second kappa shape index (κ2) is 9.19. The molecule has 3 heterocycles. The molecular formula is C24H30N8O. The van der Waals surface area contributed by atoms with Crippen LogP contribution in [-0.4, -0.2) is 64.2 Å². The molecule has 1 aliphatic carbocycles. The average Bonchev–Trinajstić information content (AvgIpc) is 3.57. The number of hydrogen-bond donors (Lipinski definition) is 3. The number of rotatable bonds is 7. The third-order valence-corrected chi connectivity index (χ3v) is 6.05. The molecule has 2 aliphatic rings. The van der Waals surface area contributed by atoms with Gasteiger partial charge in [0.15, 0.2) is 5.82 Å². The number of likely N-dealkylation sites (N-methyl/N-ethyl adjacent to an activating group) is 1. The van der Waals surface area contributed by atoms with Gasteiger partial charge in [-0.25, -0.2) is 9.97 Å². The van der Waals surface area contributed by atoms with Crippen LogP contribution >= 0.6 is 0 Å². The fraction of sp³-hybridized carbons (Fsp3) is 0.417. The Balaban J connectivity index is 1.38. The molecule has 1 amide bonds. The van der Waals surface area contributed by atoms with Crippen LogP contribution in [0.5, 0.6) is 0 Å². The first-order chi connectivity index (χ1) is 16.0. The van der Waals surface area contributed by atoms with E-state index in [4.69, 9.17) is 9.97 Å². The average molecular weight is 447 g/mol. The summed E-state index contributed by atoms with van der Waals surface area (Å²) in [5.74, 6) is 3.38. The zero-order valence-corrected chi connectivity index (χ0v) is 19.1. The van der Waals surface area contributed by atoms with Crippen molar-refractivity contribution in [1.82, 2.24) is 25.1 Å². The number of aromatic amines is 1. The molecule has 0 unspecified atom stereocenters. The standard InChI is InChI=1S/C24H30N8O/c1-16-12-22(30-29-16)27-21-15-23(32-10-8-31(2)9-11-32)28-20(26-21)14-17-4-3-5-19(13-17)25-24(33)18-6-7-18/h3-5,12-13,15,18H,6-11,14H2,1-2H3,(H,25,33)(H2,26,27,28,29,30). The summed E-state index contributed by atoms with van der Waals surface area (Å²) >= 11 is 0. The molecule has 2 aromatic heterocycles. The molecular weight excluding hydrogens is 416 g/mol. The Morgan fingerprint density at radius 2 is 1.91 bits per heavy atom. The van der Waals surface area contributed by atoms with E-state index in [1.807, 2.05) is 43.3 Å². The Morgan fingerprint density at radius 1 is 1.09 bits per heavy atom. The molecule has 3 N–H and O–H groups in total. The van der Waals surface area contributed by atoms with Crippen molar-refractivity contribution >= 4 is 29.0 Å². The predicted octanol–water partition coefficient (Wildman–Crippen LogP) is 2.94. The highest BCUT2D eigenvalue weighted by Crippen LogP contribution is 2.30. The molecule has 1 aliphatic heterocycles. The van der Waals surface area contributed by atoms with Crippen molar-refractivity contribution in [1.29, 1.82) is 0 Å². The van der Waals surface area contributed by atoms with Crippen molar-refractivity contribution in [3.8, 4) is 0 Å². The molecule has 172 valence electrons. The maximum atomic E-state index is 12.1. The zero-order valence-electron chi connectivity index (χ0n) is 19.1. The summed E-state index contributed by atoms with van der Waals surface area (Å²) in [5.41, 5.74) is 2.86. The largest absolute Gasteiger partial charge is 0.354 e. The van der Waals surface area contributed by atoms with Crippen LogP contribution in [0.4, 0.5) is 23.1 Å². The van der Waals surface area contributed by atoms with E-state index in [0.717, 1.165) is 79.2 Å². The predicted molar refractivity (Wildman–Crippen MR) is 129 cm³/mol. The number of aryl methyl sites for hydroxylation is 1. The van der Waals surface area contributed by atoms with Gasteiger partial charge in [0.1, 0.15) is 17.5 Å². The molecule has 1 saturated carbocycles. The van der Waals surface area contributed by atoms with Gasteiger partial charge in [0.05, 0.1) is 0 Å². The van der Waals surface area contributed by atoms with Crippen LogP contribution < -0.4 is 15.5 Å². The number of piperazine rings is 1. The molecule has 9 heteroatoms. The van der Waals surface area contributed by atoms with Gasteiger partial charge in [0.25, 0.3) is 0 Å². The van der Waals surface area contributed by atoms with Crippen molar-refractivity contribution in [2.75, 3.05) is 48.8 Å². The van der Waals surface area contributed by atoms with Crippen LogP contribution in [-0.2, 0) is 11.2 Å². The zero-order chi connectivity index (χ0) is 22.8. The lowest BCUT2D eigenvalue weighted by Gasteiger charge is -2.33. The molecule has 33 heavy (non-hydrogen) atoms. The van der Waals surface area contributed by atoms with Crippen molar-refractivity contribution in [3.05, 3.63) is 53.5 Å². The summed E-state index contributed by atoms with van der Waals surface area (Å²) in [6.07, 6.45) is 2.55. The summed E-state index contributed by atoms with van der Waals surface area (Å²) < 4.78 is 0. The van der Waals surface area contributed by atoms with Gasteiger partial charge in [-0.15, -0.1) is 0 Å². The van der Waals surface area contributed by atoms with E-state index < -0.39 is 0 Å². The summed E-state index contributed by atoms with van der Waals surface area (Å²) in [6, 6.07) is 11.9. The van der Waals surface area contributed by atoms with E-state index in [1.54, 1.807) is 0 Å². The molecule has 9 nitrogen and oxygen atoms in total. The number of nitrogens with one attached hydrogen (secondary N) is 3. The highest BCUT2D eigenvalue weighted by Gasteiger charge is 2.29. The summed E-state index contributed by atoms with van der Waals surface area (Å²) in [4.78, 5) is 26.4. The molecule has 0 bridgehead atoms. The first-order valence-electron chi connectivity index (χ1n) is 11.5. The SMILES string of the molecule is Cc1cc(Nc2cc(N3CCN(C)CC3)nc(Cc3cccc(NC(=O)C4CC4)c3)n2)n[nH]1. The van der Waals surface area contributed by atoms with Gasteiger partial charge >= 0.3 is 0 Å². The van der Waals surface area contributed by atoms with E-state index in [0.29, 0.717) is 6.42 Å². The van der Waals surface area contributed by atoms with E-state index in [2.05, 4.69) is 37.7 Å². The lowest BCUT2D eigenvalue weighted by Crippen LogP contribution is -2.44. The fourth-order valence-electron chi connectivity index (χ4n) is 3.97. The topological polar surface area (TPSA) is 102 Å². The van der Waals surface area contributed by atoms with Crippen LogP contribution in [0.3, 0.4) is 0 Å². The molecule has 5 rings (SSSR count). The van der Waals surface area contributed by atoms with Crippen LogP contribution in [0.2, 0.25) is 0 Å². The quantitative estimate of drug-likeness (QED) is 0.513. The maximum Gasteiger partial charge on any atom is 0.227 e. The lowest BCUT2D eigenvalue weighted by molar-refractivity contribution is -0.117. The summed E-state index contributed by atoms with van der Waals surface area (Å²) in [6.45, 7) is 5.83. The van der Waals surface area contributed by atoms with Crippen molar-refractivity contribution in [2.45, 2.75) is 26.2 Å². The highest BCUT2D eigenvalue weighted by molar-refractivity contribution is 5.94. The van der Waals surface area contributed by atoms with Crippen LogP contribution in [0.25, 0.3) is 0 Å². The Hall–Kier alpha value is -3.46. The van der Waals surface area contributed by atoms with Crippen LogP contribution in [0, 0.1) is 12.8 Å². The minimum absolute atomic E-state index is 0.112. The smallest absolute Gasteiger partial charge is 0.227 e. The van der Waals surface area contributed by atoms with Crippen molar-refractivity contribution < 1.29 is 4.79 Å². The first-order valence-corrected chi connectivity index (χ1v) is 11.5. The normalized spacial score (nSPS) is 16.6. The van der Waals surface area contributed by atoms with E-state index >= 15 is 0 Å². The summed E-state index contributed by atoms with van der Waals surface area (Å²) in [7, 11) is 2.14. The van der Waals surface area contributed by atoms with Gasteiger partial charge in [-0.2, -0.15) is 5.10 Å². The Morgan fingerprint density at radius 3 is 2.64 bits per heavy atom. The van der Waals surface area contributed by atoms with E-state index in [1.165, 1.54) is 0 Å². The van der Waals surface area contributed by atoms with Gasteiger partial charge in [0, 0.05) is 62.0 Å². The maximum absolute atomic E-state index is 12.1. The van der Waals surface area contributed by atoms with Gasteiger partial charge in [-0.05, 0) is 44.5 Å². The Bertz CT molecular complexity index is 1130. The molecule has 0 atom stereocenters. The first kappa shape index (κ1) is 21.4. The number of carbonyl (C=O) groups is 1. The minimum Gasteiger partial charge on any atom is -0.354 e. The third kappa shape index (κ3) is 5.48. The van der Waals surface area contributed by atoms with Gasteiger partial charge in [0.2, 0.25) is 5.91 Å². The lowest BCUT2D eigenvalue weighted by atomic mass is 10.1. The number of carbonyl (C=O) groups excluding carboxylic acids is 1. The molecule has 0 radical (unpaired) electrons. The van der Waals surface area contributed by atoms with Gasteiger partial charge in [-0.3, -0.25) is 9.89 Å². The fourth-order valence-corrected chi connectivity index (χ4v) is 3.97. The van der Waals surface area contributed by atoms with Crippen molar-refractivity contribution in [2.24, 2.45) is 5.92 Å². The third-order valence-electron chi connectivity index (χ3n) is 6.05. The van der Waals surface area contributed by atoms with Gasteiger partial charge < -0.3 is 20.4 Å². The number of amides is 1. The molecule has 1 aromatic carbocycles. The number of nitrogens with zero attached hydrogens (tertiary/aromatic N) is 5. The number of benzene rings is 1.